The van der Waals surface area contributed by atoms with E-state index in [1.165, 1.54) is 5.56 Å². The Bertz CT molecular complexity index is 532. The molecule has 1 unspecified atom stereocenters. The minimum absolute atomic E-state index is 0.155. The third kappa shape index (κ3) is 3.87. The van der Waals surface area contributed by atoms with Crippen LogP contribution in [0.5, 0.6) is 0 Å². The van der Waals surface area contributed by atoms with Gasteiger partial charge in [-0.05, 0) is 19.4 Å². The van der Waals surface area contributed by atoms with E-state index in [0.717, 1.165) is 5.56 Å². The van der Waals surface area contributed by atoms with Gasteiger partial charge in [-0.2, -0.15) is 4.98 Å². The molecule has 0 fully saturated rings. The number of aromatic nitrogens is 2. The average molecular weight is 261 g/mol. The molecule has 0 aliphatic heterocycles. The molecule has 3 N–H and O–H groups in total. The van der Waals surface area contributed by atoms with Crippen molar-refractivity contribution in [2.75, 3.05) is 6.54 Å². The molecule has 0 aliphatic carbocycles. The molecule has 102 valence electrons. The van der Waals surface area contributed by atoms with Gasteiger partial charge in [-0.3, -0.25) is 0 Å². The Morgan fingerprint density at radius 1 is 1.32 bits per heavy atom. The Morgan fingerprint density at radius 3 is 2.63 bits per heavy atom. The second kappa shape index (κ2) is 5.50. The molecule has 1 aromatic heterocycles. The van der Waals surface area contributed by atoms with Crippen LogP contribution in [-0.4, -0.2) is 27.4 Å². The van der Waals surface area contributed by atoms with E-state index in [9.17, 15) is 5.11 Å². The number of aryl methyl sites for hydroxylation is 1. The molecule has 0 aliphatic rings. The molecular formula is C14H19N3O2. The average Bonchev–Trinajstić information content (AvgIpc) is 2.79. The molecule has 5 heteroatoms. The van der Waals surface area contributed by atoms with Crippen LogP contribution >= 0.6 is 0 Å². The van der Waals surface area contributed by atoms with Crippen molar-refractivity contribution in [2.45, 2.75) is 32.3 Å². The third-order valence-corrected chi connectivity index (χ3v) is 2.96. The molecule has 1 heterocycles. The zero-order valence-electron chi connectivity index (χ0n) is 11.3. The van der Waals surface area contributed by atoms with E-state index in [1.54, 1.807) is 6.92 Å². The largest absolute Gasteiger partial charge is 0.388 e. The minimum atomic E-state index is -1.01. The van der Waals surface area contributed by atoms with Crippen molar-refractivity contribution in [3.05, 3.63) is 47.1 Å². The monoisotopic (exact) mass is 261 g/mol. The predicted octanol–water partition coefficient (Wildman–Crippen LogP) is 1.22. The number of aliphatic hydroxyl groups is 1. The van der Waals surface area contributed by atoms with Crippen molar-refractivity contribution in [3.8, 4) is 0 Å². The van der Waals surface area contributed by atoms with E-state index >= 15 is 0 Å². The number of hydrogen-bond acceptors (Lipinski definition) is 5. The van der Waals surface area contributed by atoms with Crippen molar-refractivity contribution in [1.29, 1.82) is 0 Å². The Morgan fingerprint density at radius 2 is 2.00 bits per heavy atom. The Labute approximate surface area is 112 Å². The zero-order chi connectivity index (χ0) is 13.9. The summed E-state index contributed by atoms with van der Waals surface area (Å²) < 4.78 is 5.12. The summed E-state index contributed by atoms with van der Waals surface area (Å²) in [6.07, 6.45) is 0.888. The first-order valence-electron chi connectivity index (χ1n) is 6.28. The highest BCUT2D eigenvalue weighted by Crippen LogP contribution is 2.12. The second-order valence-electron chi connectivity index (χ2n) is 5.14. The molecule has 2 rings (SSSR count). The highest BCUT2D eigenvalue weighted by Gasteiger charge is 2.22. The lowest BCUT2D eigenvalue weighted by molar-refractivity contribution is 0.0610. The molecule has 0 radical (unpaired) electrons. The minimum Gasteiger partial charge on any atom is -0.388 e. The van der Waals surface area contributed by atoms with Crippen LogP contribution in [0.15, 0.2) is 28.8 Å². The van der Waals surface area contributed by atoms with E-state index in [-0.39, 0.29) is 13.0 Å². The van der Waals surface area contributed by atoms with Gasteiger partial charge in [-0.25, -0.2) is 0 Å². The number of nitrogens with two attached hydrogens (primary N) is 1. The van der Waals surface area contributed by atoms with Gasteiger partial charge in [-0.15, -0.1) is 0 Å². The van der Waals surface area contributed by atoms with Crippen LogP contribution in [0.25, 0.3) is 0 Å². The van der Waals surface area contributed by atoms with E-state index in [0.29, 0.717) is 18.1 Å². The highest BCUT2D eigenvalue weighted by molar-refractivity contribution is 5.23. The van der Waals surface area contributed by atoms with E-state index in [1.807, 2.05) is 19.1 Å². The van der Waals surface area contributed by atoms with Crippen LogP contribution in [0.2, 0.25) is 0 Å². The Hall–Kier alpha value is -1.72. The van der Waals surface area contributed by atoms with Crippen LogP contribution in [0.3, 0.4) is 0 Å². The van der Waals surface area contributed by atoms with Gasteiger partial charge in [0.25, 0.3) is 0 Å². The lowest BCUT2D eigenvalue weighted by Crippen LogP contribution is -2.36. The normalized spacial score (nSPS) is 14.3. The molecule has 0 amide bonds. The van der Waals surface area contributed by atoms with Gasteiger partial charge in [0, 0.05) is 13.0 Å². The fourth-order valence-electron chi connectivity index (χ4n) is 1.72. The number of rotatable bonds is 5. The molecular weight excluding hydrogens is 242 g/mol. The maximum Gasteiger partial charge on any atom is 0.229 e. The molecule has 5 nitrogen and oxygen atoms in total. The van der Waals surface area contributed by atoms with E-state index < -0.39 is 5.60 Å². The lowest BCUT2D eigenvalue weighted by Gasteiger charge is -2.17. The van der Waals surface area contributed by atoms with Crippen LogP contribution in [0.1, 0.15) is 29.8 Å². The van der Waals surface area contributed by atoms with Gasteiger partial charge in [-0.1, -0.05) is 35.0 Å². The zero-order valence-corrected chi connectivity index (χ0v) is 11.3. The number of benzene rings is 1. The summed E-state index contributed by atoms with van der Waals surface area (Å²) in [5, 5.41) is 13.8. The van der Waals surface area contributed by atoms with Crippen molar-refractivity contribution >= 4 is 0 Å². The Kier molecular flexibility index (Phi) is 3.97. The summed E-state index contributed by atoms with van der Waals surface area (Å²) in [5.74, 6) is 1.03. The fraction of sp³-hybridized carbons (Fsp3) is 0.429. The SMILES string of the molecule is Cc1ccc(Cc2noc(CC(C)(O)CN)n2)cc1. The molecule has 0 spiro atoms. The van der Waals surface area contributed by atoms with Gasteiger partial charge in [0.05, 0.1) is 12.0 Å². The maximum atomic E-state index is 9.85. The highest BCUT2D eigenvalue weighted by atomic mass is 16.5. The van der Waals surface area contributed by atoms with E-state index in [4.69, 9.17) is 10.3 Å². The molecule has 1 atom stereocenters. The van der Waals surface area contributed by atoms with Crippen molar-refractivity contribution < 1.29 is 9.63 Å². The quantitative estimate of drug-likeness (QED) is 0.845. The van der Waals surface area contributed by atoms with Crippen LogP contribution in [-0.2, 0) is 12.8 Å². The Balaban J connectivity index is 2.03. The second-order valence-corrected chi connectivity index (χ2v) is 5.14. The lowest BCUT2D eigenvalue weighted by atomic mass is 10.0. The first kappa shape index (κ1) is 13.7. The first-order chi connectivity index (χ1) is 8.98. The van der Waals surface area contributed by atoms with Crippen molar-refractivity contribution in [1.82, 2.24) is 10.1 Å². The molecule has 0 bridgehead atoms. The van der Waals surface area contributed by atoms with Crippen LogP contribution in [0.4, 0.5) is 0 Å². The van der Waals surface area contributed by atoms with Crippen molar-refractivity contribution in [3.63, 3.8) is 0 Å². The van der Waals surface area contributed by atoms with Gasteiger partial charge in [0.1, 0.15) is 0 Å². The first-order valence-corrected chi connectivity index (χ1v) is 6.28. The van der Waals surface area contributed by atoms with Crippen molar-refractivity contribution in [2.24, 2.45) is 5.73 Å². The van der Waals surface area contributed by atoms with Gasteiger partial charge < -0.3 is 15.4 Å². The maximum absolute atomic E-state index is 9.85. The smallest absolute Gasteiger partial charge is 0.229 e. The third-order valence-electron chi connectivity index (χ3n) is 2.96. The van der Waals surface area contributed by atoms with Gasteiger partial charge in [0.2, 0.25) is 5.89 Å². The van der Waals surface area contributed by atoms with Gasteiger partial charge >= 0.3 is 0 Å². The number of nitrogens with zero attached hydrogens (tertiary/aromatic N) is 2. The molecule has 19 heavy (non-hydrogen) atoms. The summed E-state index contributed by atoms with van der Waals surface area (Å²) in [6.45, 7) is 3.85. The predicted molar refractivity (Wildman–Crippen MR) is 71.7 cm³/mol. The molecule has 0 saturated heterocycles. The van der Waals surface area contributed by atoms with E-state index in [2.05, 4.69) is 22.3 Å². The van der Waals surface area contributed by atoms with Crippen LogP contribution in [0, 0.1) is 6.92 Å². The standard InChI is InChI=1S/C14H19N3O2/c1-10-3-5-11(6-4-10)7-12-16-13(19-17-12)8-14(2,18)9-15/h3-6,18H,7-9,15H2,1-2H3. The molecule has 0 saturated carbocycles. The topological polar surface area (TPSA) is 85.2 Å². The summed E-state index contributed by atoms with van der Waals surface area (Å²) in [6, 6.07) is 8.19. The molecule has 2 aromatic rings. The van der Waals surface area contributed by atoms with Gasteiger partial charge in [0.15, 0.2) is 5.82 Å². The summed E-state index contributed by atoms with van der Waals surface area (Å²) >= 11 is 0. The fourth-order valence-corrected chi connectivity index (χ4v) is 1.72. The van der Waals surface area contributed by atoms with Crippen LogP contribution < -0.4 is 5.73 Å². The summed E-state index contributed by atoms with van der Waals surface area (Å²) in [5.41, 5.74) is 6.80. The molecule has 1 aromatic carbocycles. The number of hydrogen-bond donors (Lipinski definition) is 2. The summed E-state index contributed by atoms with van der Waals surface area (Å²) in [7, 11) is 0. The summed E-state index contributed by atoms with van der Waals surface area (Å²) in [4.78, 5) is 4.27.